The fraction of sp³-hybridized carbons (Fsp3) is 1.00. The van der Waals surface area contributed by atoms with E-state index >= 15 is 0 Å². The summed E-state index contributed by atoms with van der Waals surface area (Å²) >= 11 is 0. The van der Waals surface area contributed by atoms with Crippen LogP contribution in [0.25, 0.3) is 0 Å². The van der Waals surface area contributed by atoms with Crippen LogP contribution in [0.3, 0.4) is 0 Å². The first kappa shape index (κ1) is 15.9. The predicted molar refractivity (Wildman–Crippen MR) is 74.2 cm³/mol. The second-order valence-corrected chi connectivity index (χ2v) is 5.49. The van der Waals surface area contributed by atoms with Gasteiger partial charge in [0.15, 0.2) is 0 Å². The Labute approximate surface area is 112 Å². The predicted octanol–water partition coefficient (Wildman–Crippen LogP) is 2.23. The summed E-state index contributed by atoms with van der Waals surface area (Å²) in [6, 6.07) is 0.0896. The third-order valence-corrected chi connectivity index (χ3v) is 3.89. The van der Waals surface area contributed by atoms with Gasteiger partial charge in [0.05, 0.1) is 18.2 Å². The summed E-state index contributed by atoms with van der Waals surface area (Å²) in [6.45, 7) is 8.63. The van der Waals surface area contributed by atoms with Crippen molar-refractivity contribution in [3.63, 3.8) is 0 Å². The lowest BCUT2D eigenvalue weighted by Crippen LogP contribution is -2.59. The maximum Gasteiger partial charge on any atom is 0.0873 e. The van der Waals surface area contributed by atoms with Crippen molar-refractivity contribution in [2.24, 2.45) is 11.8 Å². The number of nitrogens with one attached hydrogen (secondary N) is 1. The SMILES string of the molecule is CCCOCC(NN)C1(OCC)CCCC(C)C1. The molecule has 3 unspecified atom stereocenters. The minimum Gasteiger partial charge on any atom is -0.380 e. The van der Waals surface area contributed by atoms with Crippen LogP contribution >= 0.6 is 0 Å². The molecule has 18 heavy (non-hydrogen) atoms. The molecule has 0 bridgehead atoms. The van der Waals surface area contributed by atoms with Gasteiger partial charge >= 0.3 is 0 Å². The highest BCUT2D eigenvalue weighted by Crippen LogP contribution is 2.37. The van der Waals surface area contributed by atoms with Crippen molar-refractivity contribution < 1.29 is 9.47 Å². The molecule has 1 rings (SSSR count). The molecule has 0 heterocycles. The van der Waals surface area contributed by atoms with E-state index in [2.05, 4.69) is 26.2 Å². The molecule has 0 radical (unpaired) electrons. The monoisotopic (exact) mass is 258 g/mol. The maximum absolute atomic E-state index is 6.10. The summed E-state index contributed by atoms with van der Waals surface area (Å²) < 4.78 is 11.8. The molecule has 0 amide bonds. The molecule has 1 fully saturated rings. The first-order valence-corrected chi connectivity index (χ1v) is 7.36. The third-order valence-electron chi connectivity index (χ3n) is 3.89. The van der Waals surface area contributed by atoms with Gasteiger partial charge in [0, 0.05) is 13.2 Å². The summed E-state index contributed by atoms with van der Waals surface area (Å²) in [5.74, 6) is 6.44. The molecule has 0 spiro atoms. The zero-order valence-electron chi connectivity index (χ0n) is 12.2. The number of hydrazine groups is 1. The fourth-order valence-corrected chi connectivity index (χ4v) is 3.08. The van der Waals surface area contributed by atoms with Crippen LogP contribution in [0.15, 0.2) is 0 Å². The third kappa shape index (κ3) is 4.19. The Kier molecular flexibility index (Phi) is 7.15. The van der Waals surface area contributed by atoms with Gasteiger partial charge in [0.1, 0.15) is 0 Å². The highest BCUT2D eigenvalue weighted by atomic mass is 16.5. The van der Waals surface area contributed by atoms with Crippen LogP contribution in [0.2, 0.25) is 0 Å². The summed E-state index contributed by atoms with van der Waals surface area (Å²) in [5.41, 5.74) is 2.78. The van der Waals surface area contributed by atoms with Gasteiger partial charge < -0.3 is 9.47 Å². The average Bonchev–Trinajstić information content (AvgIpc) is 2.35. The number of rotatable bonds is 8. The standard InChI is InChI=1S/C14H30N2O2/c1-4-9-17-11-13(16-15)14(18-5-2)8-6-7-12(3)10-14/h12-13,16H,4-11,15H2,1-3H3. The van der Waals surface area contributed by atoms with Gasteiger partial charge in [0.25, 0.3) is 0 Å². The molecule has 1 aliphatic carbocycles. The van der Waals surface area contributed by atoms with E-state index in [0.29, 0.717) is 12.5 Å². The molecule has 3 atom stereocenters. The minimum atomic E-state index is -0.144. The number of ether oxygens (including phenoxy) is 2. The average molecular weight is 258 g/mol. The maximum atomic E-state index is 6.10. The molecular formula is C14H30N2O2. The summed E-state index contributed by atoms with van der Waals surface area (Å²) in [6.07, 6.45) is 5.70. The molecule has 0 aromatic carbocycles. The lowest BCUT2D eigenvalue weighted by molar-refractivity contribution is -0.115. The van der Waals surface area contributed by atoms with Crippen molar-refractivity contribution in [1.82, 2.24) is 5.43 Å². The van der Waals surface area contributed by atoms with Crippen LogP contribution in [0, 0.1) is 5.92 Å². The van der Waals surface area contributed by atoms with E-state index < -0.39 is 0 Å². The van der Waals surface area contributed by atoms with Crippen LogP contribution < -0.4 is 11.3 Å². The van der Waals surface area contributed by atoms with Crippen molar-refractivity contribution in [3.05, 3.63) is 0 Å². The van der Waals surface area contributed by atoms with Gasteiger partial charge in [-0.15, -0.1) is 0 Å². The zero-order chi connectivity index (χ0) is 13.4. The van der Waals surface area contributed by atoms with E-state index in [4.69, 9.17) is 15.3 Å². The summed E-state index contributed by atoms with van der Waals surface area (Å²) in [5, 5.41) is 0. The Bertz CT molecular complexity index is 222. The second-order valence-electron chi connectivity index (χ2n) is 5.49. The summed E-state index contributed by atoms with van der Waals surface area (Å²) in [4.78, 5) is 0. The van der Waals surface area contributed by atoms with Crippen molar-refractivity contribution in [3.8, 4) is 0 Å². The van der Waals surface area contributed by atoms with Crippen molar-refractivity contribution in [2.45, 2.75) is 64.5 Å². The normalized spacial score (nSPS) is 30.3. The van der Waals surface area contributed by atoms with Gasteiger partial charge in [-0.25, -0.2) is 0 Å². The van der Waals surface area contributed by atoms with E-state index in [1.807, 2.05) is 0 Å². The van der Waals surface area contributed by atoms with Crippen molar-refractivity contribution in [2.75, 3.05) is 19.8 Å². The lowest BCUT2D eigenvalue weighted by atomic mass is 9.75. The van der Waals surface area contributed by atoms with Gasteiger partial charge in [-0.1, -0.05) is 26.7 Å². The molecule has 0 aromatic rings. The lowest BCUT2D eigenvalue weighted by Gasteiger charge is -2.44. The Hall–Kier alpha value is -0.160. The van der Waals surface area contributed by atoms with Gasteiger partial charge in [0.2, 0.25) is 0 Å². The largest absolute Gasteiger partial charge is 0.380 e. The van der Waals surface area contributed by atoms with E-state index in [0.717, 1.165) is 32.5 Å². The van der Waals surface area contributed by atoms with Crippen molar-refractivity contribution >= 4 is 0 Å². The topological polar surface area (TPSA) is 56.5 Å². The van der Waals surface area contributed by atoms with E-state index in [1.165, 1.54) is 12.8 Å². The van der Waals surface area contributed by atoms with E-state index in [9.17, 15) is 0 Å². The van der Waals surface area contributed by atoms with Gasteiger partial charge in [-0.05, 0) is 32.1 Å². The van der Waals surface area contributed by atoms with Crippen LogP contribution in [-0.4, -0.2) is 31.5 Å². The molecule has 4 nitrogen and oxygen atoms in total. The Balaban J connectivity index is 2.66. The first-order chi connectivity index (χ1) is 8.68. The fourth-order valence-electron chi connectivity index (χ4n) is 3.08. The summed E-state index contributed by atoms with van der Waals surface area (Å²) in [7, 11) is 0. The van der Waals surface area contributed by atoms with E-state index in [-0.39, 0.29) is 11.6 Å². The van der Waals surface area contributed by atoms with Crippen LogP contribution in [0.4, 0.5) is 0 Å². The van der Waals surface area contributed by atoms with Gasteiger partial charge in [-0.2, -0.15) is 0 Å². The minimum absolute atomic E-state index is 0.0896. The molecule has 1 saturated carbocycles. The quantitative estimate of drug-likeness (QED) is 0.398. The molecule has 3 N–H and O–H groups in total. The first-order valence-electron chi connectivity index (χ1n) is 7.36. The Morgan fingerprint density at radius 1 is 1.44 bits per heavy atom. The smallest absolute Gasteiger partial charge is 0.0873 e. The molecule has 108 valence electrons. The molecule has 0 aliphatic heterocycles. The number of nitrogens with two attached hydrogens (primary N) is 1. The molecular weight excluding hydrogens is 228 g/mol. The number of hydrogen-bond donors (Lipinski definition) is 2. The molecule has 4 heteroatoms. The van der Waals surface area contributed by atoms with Crippen LogP contribution in [0.1, 0.15) is 52.9 Å². The molecule has 0 saturated heterocycles. The van der Waals surface area contributed by atoms with Crippen molar-refractivity contribution in [1.29, 1.82) is 0 Å². The van der Waals surface area contributed by atoms with Crippen LogP contribution in [-0.2, 0) is 9.47 Å². The molecule has 1 aliphatic rings. The van der Waals surface area contributed by atoms with E-state index in [1.54, 1.807) is 0 Å². The Morgan fingerprint density at radius 3 is 2.78 bits per heavy atom. The second kappa shape index (κ2) is 8.10. The van der Waals surface area contributed by atoms with Crippen LogP contribution in [0.5, 0.6) is 0 Å². The zero-order valence-corrected chi connectivity index (χ0v) is 12.2. The molecule has 0 aromatic heterocycles. The van der Waals surface area contributed by atoms with Gasteiger partial charge in [-0.3, -0.25) is 11.3 Å². The Morgan fingerprint density at radius 2 is 2.22 bits per heavy atom. The number of hydrogen-bond acceptors (Lipinski definition) is 4. The highest BCUT2D eigenvalue weighted by Gasteiger charge is 2.42. The highest BCUT2D eigenvalue weighted by molar-refractivity contribution is 4.96.